The lowest BCUT2D eigenvalue weighted by atomic mass is 10.1. The number of halogens is 1. The van der Waals surface area contributed by atoms with Crippen molar-refractivity contribution < 1.29 is 26.7 Å². The molecule has 2 aromatic rings. The molecule has 1 N–H and O–H groups in total. The highest BCUT2D eigenvalue weighted by Gasteiger charge is 2.53. The van der Waals surface area contributed by atoms with Gasteiger partial charge in [0.2, 0.25) is 0 Å². The predicted molar refractivity (Wildman–Crippen MR) is 90.7 cm³/mol. The van der Waals surface area contributed by atoms with E-state index in [0.717, 1.165) is 24.3 Å². The lowest BCUT2D eigenvalue weighted by Gasteiger charge is -2.22. The Morgan fingerprint density at radius 2 is 1.96 bits per heavy atom. The minimum absolute atomic E-state index is 0. The highest BCUT2D eigenvalue weighted by atomic mass is 79.9. The van der Waals surface area contributed by atoms with Gasteiger partial charge >= 0.3 is 0 Å². The van der Waals surface area contributed by atoms with Gasteiger partial charge in [-0.1, -0.05) is 23.8 Å². The number of β-amino-alcohol motifs (C(OH)–C–C–N with tert-alkyl or cyclic N) is 1. The molecule has 2 aliphatic heterocycles. The summed E-state index contributed by atoms with van der Waals surface area (Å²) in [5.74, 6) is 1.27. The van der Waals surface area contributed by atoms with Crippen LogP contribution in [0.2, 0.25) is 0 Å². The van der Waals surface area contributed by atoms with E-state index in [-0.39, 0.29) is 17.0 Å². The maximum Gasteiger partial charge on any atom is 0.280 e. The fourth-order valence-corrected chi connectivity index (χ4v) is 4.40. The lowest BCUT2D eigenvalue weighted by Crippen LogP contribution is -3.00. The molecule has 1 atom stereocenters. The summed E-state index contributed by atoms with van der Waals surface area (Å²) in [6, 6.07) is 12.7. The van der Waals surface area contributed by atoms with Crippen molar-refractivity contribution >= 4 is 22.9 Å². The van der Waals surface area contributed by atoms with E-state index in [0.29, 0.717) is 6.54 Å². The van der Waals surface area contributed by atoms with E-state index in [1.165, 1.54) is 23.5 Å². The number of aliphatic hydroxyl groups is 1. The van der Waals surface area contributed by atoms with Crippen LogP contribution in [0.3, 0.4) is 0 Å². The Bertz CT molecular complexity index is 711. The van der Waals surface area contributed by atoms with Gasteiger partial charge in [-0.3, -0.25) is 0 Å². The van der Waals surface area contributed by atoms with Crippen molar-refractivity contribution in [1.82, 2.24) is 0 Å². The quantitative estimate of drug-likeness (QED) is 0.745. The van der Waals surface area contributed by atoms with Crippen LogP contribution in [0.1, 0.15) is 29.7 Å². The summed E-state index contributed by atoms with van der Waals surface area (Å²) in [6.07, 6.45) is 3.40. The van der Waals surface area contributed by atoms with Crippen LogP contribution in [0.5, 0.6) is 0 Å². The molecule has 3 heterocycles. The SMILES string of the molecule is Cc1ccc(N2CC(O)(c3cccs3)[N+]3=C2CCCC3)cc1.[Br-]. The van der Waals surface area contributed by atoms with Gasteiger partial charge in [0.1, 0.15) is 5.69 Å². The number of benzene rings is 1. The number of hydrogen-bond donors (Lipinski definition) is 1. The average molecular weight is 393 g/mol. The molecule has 0 aliphatic carbocycles. The van der Waals surface area contributed by atoms with Crippen LogP contribution in [-0.2, 0) is 5.72 Å². The maximum absolute atomic E-state index is 11.4. The molecule has 0 bridgehead atoms. The fourth-order valence-electron chi connectivity index (χ4n) is 3.58. The number of rotatable bonds is 2. The van der Waals surface area contributed by atoms with Gasteiger partial charge in [0, 0.05) is 6.42 Å². The molecule has 4 rings (SSSR count). The number of anilines is 1. The summed E-state index contributed by atoms with van der Waals surface area (Å²) in [5, 5.41) is 13.5. The summed E-state index contributed by atoms with van der Waals surface area (Å²) < 4.78 is 2.22. The predicted octanol–water partition coefficient (Wildman–Crippen LogP) is 0.321. The smallest absolute Gasteiger partial charge is 0.280 e. The second-order valence-corrected chi connectivity index (χ2v) is 7.19. The molecule has 0 amide bonds. The second kappa shape index (κ2) is 6.38. The Kier molecular flexibility index (Phi) is 4.63. The molecule has 0 saturated carbocycles. The van der Waals surface area contributed by atoms with E-state index in [9.17, 15) is 5.11 Å². The highest BCUT2D eigenvalue weighted by molar-refractivity contribution is 7.10. The van der Waals surface area contributed by atoms with Crippen molar-refractivity contribution in [2.45, 2.75) is 31.9 Å². The summed E-state index contributed by atoms with van der Waals surface area (Å²) in [6.45, 7) is 3.66. The highest BCUT2D eigenvalue weighted by Crippen LogP contribution is 2.37. The molecule has 1 unspecified atom stereocenters. The maximum atomic E-state index is 11.4. The molecule has 5 heteroatoms. The first-order chi connectivity index (χ1) is 10.7. The van der Waals surface area contributed by atoms with Crippen LogP contribution in [0.15, 0.2) is 41.8 Å². The summed E-state index contributed by atoms with van der Waals surface area (Å²) >= 11 is 1.64. The third kappa shape index (κ3) is 2.75. The van der Waals surface area contributed by atoms with Crippen LogP contribution in [-0.4, -0.2) is 28.6 Å². The van der Waals surface area contributed by atoms with Crippen molar-refractivity contribution in [1.29, 1.82) is 0 Å². The van der Waals surface area contributed by atoms with Gasteiger partial charge < -0.3 is 22.1 Å². The van der Waals surface area contributed by atoms with Crippen LogP contribution in [0.4, 0.5) is 5.69 Å². The fraction of sp³-hybridized carbons (Fsp3) is 0.389. The van der Waals surface area contributed by atoms with E-state index in [1.807, 2.05) is 11.4 Å². The number of thiophene rings is 1. The molecule has 0 spiro atoms. The van der Waals surface area contributed by atoms with E-state index in [2.05, 4.69) is 46.7 Å². The molecule has 3 nitrogen and oxygen atoms in total. The molecule has 1 aromatic carbocycles. The normalized spacial score (nSPS) is 23.7. The van der Waals surface area contributed by atoms with E-state index in [1.54, 1.807) is 11.3 Å². The van der Waals surface area contributed by atoms with Crippen molar-refractivity contribution in [3.63, 3.8) is 0 Å². The zero-order valence-corrected chi connectivity index (χ0v) is 15.6. The van der Waals surface area contributed by atoms with Crippen LogP contribution in [0, 0.1) is 6.92 Å². The molecular weight excluding hydrogens is 372 g/mol. The van der Waals surface area contributed by atoms with Crippen molar-refractivity contribution in [2.75, 3.05) is 18.0 Å². The van der Waals surface area contributed by atoms with Gasteiger partial charge in [-0.2, -0.15) is 0 Å². The largest absolute Gasteiger partial charge is 1.00 e. The van der Waals surface area contributed by atoms with Gasteiger partial charge in [-0.15, -0.1) is 11.3 Å². The minimum Gasteiger partial charge on any atom is -1.00 e. The number of amidine groups is 1. The molecule has 0 fully saturated rings. The van der Waals surface area contributed by atoms with Crippen molar-refractivity contribution in [3.8, 4) is 0 Å². The van der Waals surface area contributed by atoms with Gasteiger partial charge in [0.25, 0.3) is 11.6 Å². The Morgan fingerprint density at radius 1 is 1.17 bits per heavy atom. The van der Waals surface area contributed by atoms with Gasteiger partial charge in [0.15, 0.2) is 6.54 Å². The van der Waals surface area contributed by atoms with Crippen molar-refractivity contribution in [2.24, 2.45) is 0 Å². The number of nitrogens with zero attached hydrogens (tertiary/aromatic N) is 2. The standard InChI is InChI=1S/C18H21N2OS.BrH/c1-14-7-9-15(10-8-14)19-13-18(21,16-5-4-12-22-16)20-11-3-2-6-17(19)20;/h4-5,7-10,12,21H,2-3,6,11,13H2,1H3;1H/q+1;/p-1. The van der Waals surface area contributed by atoms with E-state index >= 15 is 0 Å². The van der Waals surface area contributed by atoms with Crippen LogP contribution in [0.25, 0.3) is 0 Å². The summed E-state index contributed by atoms with van der Waals surface area (Å²) in [5.41, 5.74) is 1.57. The third-order valence-corrected chi connectivity index (χ3v) is 5.75. The number of hydrogen-bond acceptors (Lipinski definition) is 3. The number of aryl methyl sites for hydroxylation is 1. The topological polar surface area (TPSA) is 26.5 Å². The first-order valence-corrected chi connectivity index (χ1v) is 8.80. The van der Waals surface area contributed by atoms with E-state index < -0.39 is 5.72 Å². The van der Waals surface area contributed by atoms with Gasteiger partial charge in [-0.25, -0.2) is 9.48 Å². The molecule has 1 aromatic heterocycles. The van der Waals surface area contributed by atoms with E-state index in [4.69, 9.17) is 0 Å². The molecule has 122 valence electrons. The first-order valence-electron chi connectivity index (χ1n) is 7.92. The molecule has 0 saturated heterocycles. The minimum atomic E-state index is -0.880. The molecule has 2 aliphatic rings. The second-order valence-electron chi connectivity index (χ2n) is 6.24. The van der Waals surface area contributed by atoms with Crippen molar-refractivity contribution in [3.05, 3.63) is 52.2 Å². The third-order valence-electron chi connectivity index (χ3n) is 4.74. The lowest BCUT2D eigenvalue weighted by molar-refractivity contribution is -0.660. The molecular formula is C18H21BrN2OS. The Morgan fingerprint density at radius 3 is 2.65 bits per heavy atom. The summed E-state index contributed by atoms with van der Waals surface area (Å²) in [4.78, 5) is 3.35. The monoisotopic (exact) mass is 392 g/mol. The van der Waals surface area contributed by atoms with Crippen LogP contribution < -0.4 is 21.9 Å². The van der Waals surface area contributed by atoms with Crippen LogP contribution >= 0.6 is 11.3 Å². The Hall–Kier alpha value is -1.17. The average Bonchev–Trinajstić information content (AvgIpc) is 3.17. The van der Waals surface area contributed by atoms with Gasteiger partial charge in [-0.05, 0) is 43.3 Å². The zero-order chi connectivity index (χ0) is 15.2. The molecule has 0 radical (unpaired) electrons. The molecule has 23 heavy (non-hydrogen) atoms. The Labute approximate surface area is 151 Å². The Balaban J connectivity index is 0.00000156. The van der Waals surface area contributed by atoms with Gasteiger partial charge in [0.05, 0.1) is 11.4 Å². The first kappa shape index (κ1) is 16.7. The zero-order valence-electron chi connectivity index (χ0n) is 13.2. The summed E-state index contributed by atoms with van der Waals surface area (Å²) in [7, 11) is 0.